The lowest BCUT2D eigenvalue weighted by Crippen LogP contribution is -2.57. The number of nitrogens with zero attached hydrogens (tertiary/aromatic N) is 6. The second-order valence-electron chi connectivity index (χ2n) is 10.6. The van der Waals surface area contributed by atoms with Crippen molar-refractivity contribution in [3.05, 3.63) is 103 Å². The highest BCUT2D eigenvalue weighted by Crippen LogP contribution is 2.32. The van der Waals surface area contributed by atoms with Crippen molar-refractivity contribution in [2.75, 3.05) is 18.8 Å². The maximum Gasteiger partial charge on any atom is 0.246 e. The van der Waals surface area contributed by atoms with Crippen LogP contribution in [0.5, 0.6) is 0 Å². The van der Waals surface area contributed by atoms with Crippen LogP contribution < -0.4 is 5.73 Å². The number of rotatable bonds is 6. The van der Waals surface area contributed by atoms with Crippen LogP contribution in [0.15, 0.2) is 97.7 Å². The van der Waals surface area contributed by atoms with Gasteiger partial charge in [0.15, 0.2) is 11.5 Å². The van der Waals surface area contributed by atoms with Crippen molar-refractivity contribution < 1.29 is 4.79 Å². The van der Waals surface area contributed by atoms with E-state index in [-0.39, 0.29) is 18.0 Å². The fourth-order valence-corrected chi connectivity index (χ4v) is 5.87. The summed E-state index contributed by atoms with van der Waals surface area (Å²) in [6.45, 7) is 10.3. The number of hydrogen-bond acceptors (Lipinski definition) is 6. The number of aromatic nitrogens is 4. The fourth-order valence-electron chi connectivity index (χ4n) is 5.87. The minimum absolute atomic E-state index is 0.00403. The molecule has 1 aliphatic heterocycles. The van der Waals surface area contributed by atoms with E-state index in [1.807, 2.05) is 47.4 Å². The van der Waals surface area contributed by atoms with Crippen LogP contribution in [0.4, 0.5) is 5.82 Å². The molecule has 0 aliphatic carbocycles. The number of imidazole rings is 1. The Morgan fingerprint density at radius 2 is 1.68 bits per heavy atom. The lowest BCUT2D eigenvalue weighted by molar-refractivity contribution is -0.133. The molecule has 5 aromatic rings. The molecule has 2 atom stereocenters. The highest BCUT2D eigenvalue weighted by molar-refractivity contribution is 5.87. The molecule has 3 aromatic heterocycles. The summed E-state index contributed by atoms with van der Waals surface area (Å²) >= 11 is 0. The average molecular weight is 544 g/mol. The molecule has 41 heavy (non-hydrogen) atoms. The fraction of sp³-hybridized carbons (Fsp3) is 0.212. The van der Waals surface area contributed by atoms with Crippen molar-refractivity contribution in [2.24, 2.45) is 0 Å². The number of carbonyl (C=O) groups excluding carboxylic acids is 1. The van der Waals surface area contributed by atoms with Crippen LogP contribution in [0, 0.1) is 0 Å². The van der Waals surface area contributed by atoms with Crippen LogP contribution in [0.2, 0.25) is 0 Å². The van der Waals surface area contributed by atoms with Crippen molar-refractivity contribution in [2.45, 2.75) is 32.5 Å². The zero-order valence-electron chi connectivity index (χ0n) is 23.3. The number of benzene rings is 2. The molecule has 8 nitrogen and oxygen atoms in total. The molecule has 0 bridgehead atoms. The Balaban J connectivity index is 1.35. The lowest BCUT2D eigenvalue weighted by Gasteiger charge is -2.44. The topological polar surface area (TPSA) is 93.2 Å². The summed E-state index contributed by atoms with van der Waals surface area (Å²) in [5.74, 6) is 1.11. The first-order valence-electron chi connectivity index (χ1n) is 13.8. The van der Waals surface area contributed by atoms with E-state index in [2.05, 4.69) is 71.3 Å². The minimum Gasteiger partial charge on any atom is -0.383 e. The van der Waals surface area contributed by atoms with Gasteiger partial charge >= 0.3 is 0 Å². The third-order valence-electron chi connectivity index (χ3n) is 7.68. The molecule has 1 saturated heterocycles. The molecule has 0 radical (unpaired) electrons. The van der Waals surface area contributed by atoms with E-state index in [4.69, 9.17) is 15.7 Å². The van der Waals surface area contributed by atoms with Gasteiger partial charge < -0.3 is 10.6 Å². The summed E-state index contributed by atoms with van der Waals surface area (Å²) in [6, 6.07) is 26.7. The van der Waals surface area contributed by atoms with Crippen molar-refractivity contribution in [1.82, 2.24) is 29.3 Å². The van der Waals surface area contributed by atoms with Crippen molar-refractivity contribution in [3.63, 3.8) is 0 Å². The first-order chi connectivity index (χ1) is 19.9. The SMILES string of the molecule is C=CC(=O)N1[C@@H](C)CN(Cc2ccc(-n3c(-c4cccnc4N)nc4ccc(-c5ccccc5)nc43)cc2)C[C@@H]1C. The normalized spacial score (nSPS) is 17.6. The molecule has 0 unspecified atom stereocenters. The summed E-state index contributed by atoms with van der Waals surface area (Å²) < 4.78 is 2.06. The van der Waals surface area contributed by atoms with Gasteiger partial charge in [0, 0.05) is 49.2 Å². The Morgan fingerprint density at radius 3 is 2.37 bits per heavy atom. The van der Waals surface area contributed by atoms with Gasteiger partial charge in [-0.3, -0.25) is 14.3 Å². The first kappa shape index (κ1) is 26.4. The van der Waals surface area contributed by atoms with Gasteiger partial charge in [0.25, 0.3) is 0 Å². The van der Waals surface area contributed by atoms with E-state index in [0.717, 1.165) is 53.3 Å². The van der Waals surface area contributed by atoms with Gasteiger partial charge in [0.05, 0.1) is 11.3 Å². The number of fused-ring (bicyclic) bond motifs is 1. The van der Waals surface area contributed by atoms with E-state index in [1.165, 1.54) is 11.6 Å². The molecule has 1 aliphatic rings. The molecule has 0 saturated carbocycles. The summed E-state index contributed by atoms with van der Waals surface area (Å²) in [4.78, 5) is 31.0. The molecule has 2 aromatic carbocycles. The van der Waals surface area contributed by atoms with E-state index >= 15 is 0 Å². The van der Waals surface area contributed by atoms with Gasteiger partial charge in [-0.05, 0) is 61.9 Å². The number of carbonyl (C=O) groups is 1. The van der Waals surface area contributed by atoms with Crippen LogP contribution in [0.25, 0.3) is 39.5 Å². The monoisotopic (exact) mass is 543 g/mol. The van der Waals surface area contributed by atoms with Crippen LogP contribution in [0.3, 0.4) is 0 Å². The minimum atomic E-state index is -0.00403. The van der Waals surface area contributed by atoms with Crippen LogP contribution in [-0.2, 0) is 11.3 Å². The van der Waals surface area contributed by atoms with Crippen molar-refractivity contribution >= 4 is 22.9 Å². The molecular weight excluding hydrogens is 510 g/mol. The lowest BCUT2D eigenvalue weighted by atomic mass is 10.1. The zero-order valence-corrected chi connectivity index (χ0v) is 23.3. The smallest absolute Gasteiger partial charge is 0.246 e. The quantitative estimate of drug-likeness (QED) is 0.291. The van der Waals surface area contributed by atoms with Gasteiger partial charge in [-0.15, -0.1) is 0 Å². The Labute approximate surface area is 239 Å². The number of nitrogens with two attached hydrogens (primary N) is 1. The van der Waals surface area contributed by atoms with E-state index < -0.39 is 0 Å². The van der Waals surface area contributed by atoms with Crippen molar-refractivity contribution in [3.8, 4) is 28.3 Å². The molecule has 206 valence electrons. The molecule has 4 heterocycles. The third kappa shape index (κ3) is 5.10. The largest absolute Gasteiger partial charge is 0.383 e. The van der Waals surface area contributed by atoms with Crippen molar-refractivity contribution in [1.29, 1.82) is 0 Å². The number of piperazine rings is 1. The van der Waals surface area contributed by atoms with Gasteiger partial charge in [-0.25, -0.2) is 15.0 Å². The van der Waals surface area contributed by atoms with Gasteiger partial charge in [-0.1, -0.05) is 49.0 Å². The second-order valence-corrected chi connectivity index (χ2v) is 10.6. The number of hydrogen-bond donors (Lipinski definition) is 1. The average Bonchev–Trinajstić information content (AvgIpc) is 3.36. The maximum atomic E-state index is 12.3. The summed E-state index contributed by atoms with van der Waals surface area (Å²) in [6.07, 6.45) is 3.09. The summed E-state index contributed by atoms with van der Waals surface area (Å²) in [5, 5.41) is 0. The number of amides is 1. The molecular formula is C33H33N7O. The highest BCUT2D eigenvalue weighted by Gasteiger charge is 2.31. The molecule has 2 N–H and O–H groups in total. The molecule has 1 amide bonds. The Morgan fingerprint density at radius 1 is 0.951 bits per heavy atom. The van der Waals surface area contributed by atoms with E-state index in [0.29, 0.717) is 11.6 Å². The van der Waals surface area contributed by atoms with Gasteiger partial charge in [-0.2, -0.15) is 0 Å². The third-order valence-corrected chi connectivity index (χ3v) is 7.68. The van der Waals surface area contributed by atoms with Gasteiger partial charge in [0.2, 0.25) is 5.91 Å². The van der Waals surface area contributed by atoms with Gasteiger partial charge in [0.1, 0.15) is 11.3 Å². The number of anilines is 1. The molecule has 6 rings (SSSR count). The molecule has 0 spiro atoms. The zero-order chi connectivity index (χ0) is 28.5. The Hall–Kier alpha value is -4.82. The predicted molar refractivity (Wildman–Crippen MR) is 163 cm³/mol. The molecule has 8 heteroatoms. The Kier molecular flexibility index (Phi) is 7.07. The maximum absolute atomic E-state index is 12.3. The van der Waals surface area contributed by atoms with E-state index in [9.17, 15) is 4.79 Å². The summed E-state index contributed by atoms with van der Waals surface area (Å²) in [7, 11) is 0. The predicted octanol–water partition coefficient (Wildman–Crippen LogP) is 5.34. The first-order valence-corrected chi connectivity index (χ1v) is 13.8. The second kappa shape index (κ2) is 11.0. The Bertz CT molecular complexity index is 1700. The van der Waals surface area contributed by atoms with Crippen LogP contribution in [0.1, 0.15) is 19.4 Å². The number of pyridine rings is 2. The van der Waals surface area contributed by atoms with Crippen LogP contribution in [-0.4, -0.2) is 60.4 Å². The highest BCUT2D eigenvalue weighted by atomic mass is 16.2. The summed E-state index contributed by atoms with van der Waals surface area (Å²) in [5.41, 5.74) is 12.6. The molecule has 1 fully saturated rings. The van der Waals surface area contributed by atoms with Crippen LogP contribution >= 0.6 is 0 Å². The van der Waals surface area contributed by atoms with E-state index in [1.54, 1.807) is 6.20 Å². The standard InChI is InChI=1S/C33H33N7O/c1-4-30(41)39-22(2)19-38(20-23(39)3)21-24-12-14-26(15-13-24)40-32(27-11-8-18-35-31(27)34)37-29-17-16-28(36-33(29)40)25-9-6-5-7-10-25/h4-18,22-23H,1,19-21H2,2-3H3,(H2,34,35)/t22-,23-/m0/s1. The number of nitrogen functional groups attached to an aromatic ring is 1.